The lowest BCUT2D eigenvalue weighted by Crippen LogP contribution is -2.31. The second-order valence-electron chi connectivity index (χ2n) is 5.80. The first kappa shape index (κ1) is 17.3. The smallest absolute Gasteiger partial charge is 0.405 e. The van der Waals surface area contributed by atoms with Gasteiger partial charge in [0.05, 0.1) is 6.04 Å². The number of nitrogens with zero attached hydrogens (tertiary/aromatic N) is 2. The van der Waals surface area contributed by atoms with E-state index in [1.54, 1.807) is 29.3 Å². The monoisotopic (exact) mass is 353 g/mol. The third kappa shape index (κ3) is 3.79. The van der Waals surface area contributed by atoms with Crippen LogP contribution in [0.25, 0.3) is 5.57 Å². The average Bonchev–Trinajstić information content (AvgIpc) is 2.87. The van der Waals surface area contributed by atoms with Crippen LogP contribution >= 0.6 is 0 Å². The number of amidine groups is 1. The Morgan fingerprint density at radius 2 is 2.04 bits per heavy atom. The van der Waals surface area contributed by atoms with Crippen LogP contribution in [0.5, 0.6) is 5.75 Å². The normalized spacial score (nSPS) is 19.9. The number of nitrogens with two attached hydrogens (primary N) is 1. The molecule has 1 atom stereocenters. The SMILES string of the molecule is NC1=NN(CCCO)C2CC(c3ccccc3OC(F)(F)F)=CC=C12. The molecule has 0 bridgehead atoms. The molecule has 1 aliphatic carbocycles. The number of fused-ring (bicyclic) bond motifs is 1. The molecule has 0 aromatic heterocycles. The van der Waals surface area contributed by atoms with Crippen LogP contribution < -0.4 is 10.5 Å². The van der Waals surface area contributed by atoms with Crippen LogP contribution in [-0.2, 0) is 0 Å². The Balaban J connectivity index is 1.88. The van der Waals surface area contributed by atoms with Gasteiger partial charge in [0.15, 0.2) is 0 Å². The van der Waals surface area contributed by atoms with E-state index in [0.717, 1.165) is 5.57 Å². The van der Waals surface area contributed by atoms with E-state index >= 15 is 0 Å². The minimum Gasteiger partial charge on any atom is -0.405 e. The Labute approximate surface area is 142 Å². The number of hydrogen-bond donors (Lipinski definition) is 2. The molecule has 8 heteroatoms. The lowest BCUT2D eigenvalue weighted by Gasteiger charge is -2.28. The third-order valence-electron chi connectivity index (χ3n) is 4.13. The van der Waals surface area contributed by atoms with Crippen molar-refractivity contribution in [2.75, 3.05) is 13.2 Å². The van der Waals surface area contributed by atoms with Gasteiger partial charge in [0, 0.05) is 24.3 Å². The fourth-order valence-electron chi connectivity index (χ4n) is 3.06. The van der Waals surface area contributed by atoms with Crippen LogP contribution in [0.15, 0.2) is 47.1 Å². The number of hydrazone groups is 1. The first-order valence-electron chi connectivity index (χ1n) is 7.87. The van der Waals surface area contributed by atoms with Gasteiger partial charge in [0.2, 0.25) is 0 Å². The highest BCUT2D eigenvalue weighted by atomic mass is 19.4. The van der Waals surface area contributed by atoms with Crippen LogP contribution in [0.2, 0.25) is 0 Å². The summed E-state index contributed by atoms with van der Waals surface area (Å²) < 4.78 is 42.1. The zero-order valence-corrected chi connectivity index (χ0v) is 13.3. The number of ether oxygens (including phenoxy) is 1. The van der Waals surface area contributed by atoms with E-state index < -0.39 is 6.36 Å². The van der Waals surface area contributed by atoms with Gasteiger partial charge < -0.3 is 15.6 Å². The summed E-state index contributed by atoms with van der Waals surface area (Å²) in [6.07, 6.45) is -0.221. The molecular formula is C17H18F3N3O2. The van der Waals surface area contributed by atoms with Crippen molar-refractivity contribution in [3.05, 3.63) is 47.6 Å². The molecule has 5 nitrogen and oxygen atoms in total. The van der Waals surface area contributed by atoms with Crippen molar-refractivity contribution in [3.8, 4) is 5.75 Å². The number of para-hydroxylation sites is 1. The molecule has 0 amide bonds. The van der Waals surface area contributed by atoms with Crippen molar-refractivity contribution in [2.45, 2.75) is 25.2 Å². The molecule has 1 unspecified atom stereocenters. The molecule has 3 N–H and O–H groups in total. The summed E-state index contributed by atoms with van der Waals surface area (Å²) in [5.74, 6) is 0.171. The van der Waals surface area contributed by atoms with Gasteiger partial charge in [-0.05, 0) is 24.5 Å². The van der Waals surface area contributed by atoms with Crippen molar-refractivity contribution in [2.24, 2.45) is 10.8 Å². The summed E-state index contributed by atoms with van der Waals surface area (Å²) in [4.78, 5) is 0. The van der Waals surface area contributed by atoms with Gasteiger partial charge in [0.1, 0.15) is 11.6 Å². The first-order valence-corrected chi connectivity index (χ1v) is 7.87. The highest BCUT2D eigenvalue weighted by Crippen LogP contribution is 2.38. The van der Waals surface area contributed by atoms with Crippen LogP contribution in [0.1, 0.15) is 18.4 Å². The van der Waals surface area contributed by atoms with Crippen molar-refractivity contribution >= 4 is 11.4 Å². The topological polar surface area (TPSA) is 71.1 Å². The molecule has 0 spiro atoms. The van der Waals surface area contributed by atoms with Crippen LogP contribution in [-0.4, -0.2) is 41.5 Å². The summed E-state index contributed by atoms with van der Waals surface area (Å²) in [7, 11) is 0. The van der Waals surface area contributed by atoms with Gasteiger partial charge in [0.25, 0.3) is 0 Å². The maximum absolute atomic E-state index is 12.6. The fourth-order valence-corrected chi connectivity index (χ4v) is 3.06. The lowest BCUT2D eigenvalue weighted by atomic mass is 9.88. The van der Waals surface area contributed by atoms with Gasteiger partial charge >= 0.3 is 6.36 Å². The van der Waals surface area contributed by atoms with Gasteiger partial charge in [-0.25, -0.2) is 0 Å². The van der Waals surface area contributed by atoms with Crippen LogP contribution in [0.4, 0.5) is 13.2 Å². The van der Waals surface area contributed by atoms with E-state index in [2.05, 4.69) is 9.84 Å². The Bertz CT molecular complexity index is 741. The van der Waals surface area contributed by atoms with Crippen LogP contribution in [0.3, 0.4) is 0 Å². The molecule has 1 aliphatic heterocycles. The van der Waals surface area contributed by atoms with E-state index in [1.165, 1.54) is 12.1 Å². The van der Waals surface area contributed by atoms with E-state index in [4.69, 9.17) is 10.8 Å². The lowest BCUT2D eigenvalue weighted by molar-refractivity contribution is -0.274. The maximum Gasteiger partial charge on any atom is 0.573 e. The molecule has 3 rings (SSSR count). The van der Waals surface area contributed by atoms with E-state index in [1.807, 2.05) is 0 Å². The maximum atomic E-state index is 12.6. The Kier molecular flexibility index (Phi) is 4.71. The Hall–Kier alpha value is -2.48. The number of allylic oxidation sites excluding steroid dienone is 2. The summed E-state index contributed by atoms with van der Waals surface area (Å²) in [6, 6.07) is 5.92. The minimum absolute atomic E-state index is 0.0304. The number of hydrogen-bond acceptors (Lipinski definition) is 5. The van der Waals surface area contributed by atoms with Crippen molar-refractivity contribution in [3.63, 3.8) is 0 Å². The number of rotatable bonds is 5. The van der Waals surface area contributed by atoms with E-state index in [9.17, 15) is 13.2 Å². The summed E-state index contributed by atoms with van der Waals surface area (Å²) >= 11 is 0. The molecule has 1 aromatic carbocycles. The largest absolute Gasteiger partial charge is 0.573 e. The molecule has 1 heterocycles. The predicted octanol–water partition coefficient (Wildman–Crippen LogP) is 2.64. The zero-order chi connectivity index (χ0) is 18.0. The number of aliphatic hydroxyl groups excluding tert-OH is 1. The average molecular weight is 353 g/mol. The van der Waals surface area contributed by atoms with Gasteiger partial charge in [-0.2, -0.15) is 5.10 Å². The second-order valence-corrected chi connectivity index (χ2v) is 5.80. The van der Waals surface area contributed by atoms with Gasteiger partial charge in [-0.1, -0.05) is 30.4 Å². The Morgan fingerprint density at radius 3 is 2.76 bits per heavy atom. The predicted molar refractivity (Wildman–Crippen MR) is 87.6 cm³/mol. The number of alkyl halides is 3. The van der Waals surface area contributed by atoms with Crippen molar-refractivity contribution in [1.82, 2.24) is 5.01 Å². The van der Waals surface area contributed by atoms with E-state index in [-0.39, 0.29) is 18.4 Å². The minimum atomic E-state index is -4.75. The highest BCUT2D eigenvalue weighted by Gasteiger charge is 2.35. The molecule has 0 radical (unpaired) electrons. The molecule has 1 aromatic rings. The van der Waals surface area contributed by atoms with Gasteiger partial charge in [-0.15, -0.1) is 13.2 Å². The summed E-state index contributed by atoms with van der Waals surface area (Å²) in [6.45, 7) is 0.551. The molecular weight excluding hydrogens is 335 g/mol. The van der Waals surface area contributed by atoms with Gasteiger partial charge in [-0.3, -0.25) is 5.01 Å². The highest BCUT2D eigenvalue weighted by molar-refractivity contribution is 6.01. The number of benzene rings is 1. The molecule has 0 saturated heterocycles. The fraction of sp³-hybridized carbons (Fsp3) is 0.353. The molecule has 25 heavy (non-hydrogen) atoms. The standard InChI is InChI=1S/C17H18F3N3O2/c18-17(19,20)25-15-5-2-1-4-12(15)11-6-7-13-14(10-11)23(8-3-9-24)22-16(13)21/h1-2,4-7,14,24H,3,8-10H2,(H2,21,22). The van der Waals surface area contributed by atoms with E-state index in [0.29, 0.717) is 36.4 Å². The Morgan fingerprint density at radius 1 is 1.28 bits per heavy atom. The zero-order valence-electron chi connectivity index (χ0n) is 13.3. The summed E-state index contributed by atoms with van der Waals surface area (Å²) in [5, 5.41) is 15.1. The summed E-state index contributed by atoms with van der Waals surface area (Å²) in [5.41, 5.74) is 7.87. The number of aliphatic hydroxyl groups is 1. The molecule has 0 saturated carbocycles. The number of halogens is 3. The van der Waals surface area contributed by atoms with Crippen LogP contribution in [0, 0.1) is 0 Å². The quantitative estimate of drug-likeness (QED) is 0.854. The molecule has 0 fully saturated rings. The molecule has 2 aliphatic rings. The first-order chi connectivity index (χ1) is 11.9. The third-order valence-corrected chi connectivity index (χ3v) is 4.13. The van der Waals surface area contributed by atoms with Crippen molar-refractivity contribution < 1.29 is 23.0 Å². The molecule has 134 valence electrons. The van der Waals surface area contributed by atoms with Crippen molar-refractivity contribution in [1.29, 1.82) is 0 Å². The second kappa shape index (κ2) is 6.79.